The van der Waals surface area contributed by atoms with Gasteiger partial charge in [0.05, 0.1) is 11.0 Å². The van der Waals surface area contributed by atoms with E-state index in [0.717, 1.165) is 48.2 Å². The number of aromatic nitrogens is 2. The van der Waals surface area contributed by atoms with E-state index in [2.05, 4.69) is 9.88 Å². The van der Waals surface area contributed by atoms with Gasteiger partial charge in [-0.1, -0.05) is 57.5 Å². The number of fused-ring (bicyclic) bond motifs is 1. The molecule has 182 valence electrons. The third-order valence-electron chi connectivity index (χ3n) is 5.89. The lowest BCUT2D eigenvalue weighted by Crippen LogP contribution is -2.39. The normalized spacial score (nSPS) is 11.7. The van der Waals surface area contributed by atoms with Crippen molar-refractivity contribution in [2.24, 2.45) is 5.41 Å². The molecular formula is C28H38N4O2. The van der Waals surface area contributed by atoms with E-state index in [1.165, 1.54) is 0 Å². The summed E-state index contributed by atoms with van der Waals surface area (Å²) in [5.41, 5.74) is 2.45. The highest BCUT2D eigenvalue weighted by atomic mass is 16.2. The summed E-state index contributed by atoms with van der Waals surface area (Å²) < 4.78 is 2.07. The quantitative estimate of drug-likeness (QED) is 0.413. The molecule has 34 heavy (non-hydrogen) atoms. The Morgan fingerprint density at radius 1 is 0.971 bits per heavy atom. The van der Waals surface area contributed by atoms with Gasteiger partial charge >= 0.3 is 0 Å². The van der Waals surface area contributed by atoms with E-state index in [-0.39, 0.29) is 29.8 Å². The second-order valence-corrected chi connectivity index (χ2v) is 10.1. The van der Waals surface area contributed by atoms with Crippen LogP contribution in [0.4, 0.5) is 5.69 Å². The van der Waals surface area contributed by atoms with Crippen LogP contribution in [-0.2, 0) is 22.6 Å². The maximum absolute atomic E-state index is 13.4. The lowest BCUT2D eigenvalue weighted by molar-refractivity contribution is -0.128. The second kappa shape index (κ2) is 11.3. The number of rotatable bonds is 10. The summed E-state index contributed by atoms with van der Waals surface area (Å²) in [4.78, 5) is 32.2. The number of anilines is 1. The monoisotopic (exact) mass is 462 g/mol. The SMILES string of the molecule is CC(C)N(C(=O)Cn1c(CCCCCNC(=O)C(C)(C)C)nc2ccccc21)c1ccccc1. The van der Waals surface area contributed by atoms with Gasteiger partial charge in [-0.05, 0) is 51.0 Å². The highest BCUT2D eigenvalue weighted by molar-refractivity contribution is 5.94. The maximum atomic E-state index is 13.4. The highest BCUT2D eigenvalue weighted by Gasteiger charge is 2.22. The van der Waals surface area contributed by atoms with E-state index < -0.39 is 0 Å². The molecule has 0 unspecified atom stereocenters. The molecule has 3 rings (SSSR count). The van der Waals surface area contributed by atoms with Crippen LogP contribution < -0.4 is 10.2 Å². The van der Waals surface area contributed by atoms with Gasteiger partial charge in [-0.3, -0.25) is 9.59 Å². The molecule has 0 saturated heterocycles. The number of unbranched alkanes of at least 4 members (excludes halogenated alkanes) is 2. The van der Waals surface area contributed by atoms with Gasteiger partial charge in [-0.25, -0.2) is 4.98 Å². The van der Waals surface area contributed by atoms with E-state index in [9.17, 15) is 9.59 Å². The van der Waals surface area contributed by atoms with Crippen LogP contribution in [-0.4, -0.2) is 34.0 Å². The molecule has 0 saturated carbocycles. The van der Waals surface area contributed by atoms with Crippen molar-refractivity contribution >= 4 is 28.5 Å². The summed E-state index contributed by atoms with van der Waals surface area (Å²) in [5, 5.41) is 3.01. The minimum Gasteiger partial charge on any atom is -0.356 e. The fourth-order valence-corrected chi connectivity index (χ4v) is 4.07. The van der Waals surface area contributed by atoms with E-state index in [0.29, 0.717) is 6.54 Å². The molecule has 1 heterocycles. The van der Waals surface area contributed by atoms with Gasteiger partial charge in [0.2, 0.25) is 11.8 Å². The number of nitrogens with zero attached hydrogens (tertiary/aromatic N) is 3. The molecule has 0 radical (unpaired) electrons. The number of para-hydroxylation sites is 3. The molecule has 0 bridgehead atoms. The number of nitrogens with one attached hydrogen (secondary N) is 1. The Kier molecular flexibility index (Phi) is 8.48. The predicted molar refractivity (Wildman–Crippen MR) is 139 cm³/mol. The van der Waals surface area contributed by atoms with Crippen LogP contribution >= 0.6 is 0 Å². The van der Waals surface area contributed by atoms with Crippen molar-refractivity contribution in [2.75, 3.05) is 11.4 Å². The van der Waals surface area contributed by atoms with E-state index in [1.54, 1.807) is 0 Å². The molecule has 3 aromatic rings. The molecule has 0 aliphatic carbocycles. The number of amides is 2. The summed E-state index contributed by atoms with van der Waals surface area (Å²) in [6, 6.07) is 17.9. The minimum atomic E-state index is -0.360. The average Bonchev–Trinajstić information content (AvgIpc) is 3.13. The molecule has 6 heteroatoms. The van der Waals surface area contributed by atoms with Gasteiger partial charge in [0.1, 0.15) is 12.4 Å². The second-order valence-electron chi connectivity index (χ2n) is 10.1. The smallest absolute Gasteiger partial charge is 0.247 e. The van der Waals surface area contributed by atoms with Crippen molar-refractivity contribution in [1.82, 2.24) is 14.9 Å². The number of benzene rings is 2. The Balaban J connectivity index is 1.68. The Morgan fingerprint density at radius 2 is 1.65 bits per heavy atom. The Bertz CT molecular complexity index is 1100. The zero-order chi connectivity index (χ0) is 24.7. The van der Waals surface area contributed by atoms with Gasteiger partial charge in [0.25, 0.3) is 0 Å². The van der Waals surface area contributed by atoms with Crippen LogP contribution in [0.1, 0.15) is 59.7 Å². The fourth-order valence-electron chi connectivity index (χ4n) is 4.07. The zero-order valence-corrected chi connectivity index (χ0v) is 21.2. The number of hydrogen-bond acceptors (Lipinski definition) is 3. The van der Waals surface area contributed by atoms with Crippen molar-refractivity contribution in [3.8, 4) is 0 Å². The molecule has 2 amide bonds. The summed E-state index contributed by atoms with van der Waals surface area (Å²) in [5.74, 6) is 1.07. The largest absolute Gasteiger partial charge is 0.356 e. The first-order valence-corrected chi connectivity index (χ1v) is 12.3. The number of carbonyl (C=O) groups is 2. The number of aryl methyl sites for hydroxylation is 1. The fraction of sp³-hybridized carbons (Fsp3) is 0.464. The average molecular weight is 463 g/mol. The molecule has 1 aromatic heterocycles. The van der Waals surface area contributed by atoms with Gasteiger partial charge in [-0.2, -0.15) is 0 Å². The lowest BCUT2D eigenvalue weighted by atomic mass is 9.96. The Hall–Kier alpha value is -3.15. The van der Waals surface area contributed by atoms with E-state index in [4.69, 9.17) is 4.98 Å². The van der Waals surface area contributed by atoms with Crippen molar-refractivity contribution in [3.05, 3.63) is 60.4 Å². The highest BCUT2D eigenvalue weighted by Crippen LogP contribution is 2.21. The van der Waals surface area contributed by atoms with Crippen LogP contribution in [0.2, 0.25) is 0 Å². The molecule has 0 aliphatic rings. The van der Waals surface area contributed by atoms with Gasteiger partial charge in [-0.15, -0.1) is 0 Å². The minimum absolute atomic E-state index is 0.0514. The summed E-state index contributed by atoms with van der Waals surface area (Å²) in [7, 11) is 0. The number of carbonyl (C=O) groups excluding carboxylic acids is 2. The maximum Gasteiger partial charge on any atom is 0.247 e. The van der Waals surface area contributed by atoms with Crippen molar-refractivity contribution in [3.63, 3.8) is 0 Å². The van der Waals surface area contributed by atoms with E-state index >= 15 is 0 Å². The Labute approximate surface area is 203 Å². The van der Waals surface area contributed by atoms with Gasteiger partial charge < -0.3 is 14.8 Å². The molecular weight excluding hydrogens is 424 g/mol. The number of hydrogen-bond donors (Lipinski definition) is 1. The molecule has 1 N–H and O–H groups in total. The summed E-state index contributed by atoms with van der Waals surface area (Å²) in [6.07, 6.45) is 3.66. The molecule has 0 spiro atoms. The van der Waals surface area contributed by atoms with Crippen LogP contribution in [0.3, 0.4) is 0 Å². The topological polar surface area (TPSA) is 67.2 Å². The van der Waals surface area contributed by atoms with Crippen LogP contribution in [0.5, 0.6) is 0 Å². The molecule has 0 atom stereocenters. The number of imidazole rings is 1. The third kappa shape index (κ3) is 6.46. The first-order valence-electron chi connectivity index (χ1n) is 12.3. The third-order valence-corrected chi connectivity index (χ3v) is 5.89. The summed E-state index contributed by atoms with van der Waals surface area (Å²) in [6.45, 7) is 10.8. The van der Waals surface area contributed by atoms with E-state index in [1.807, 2.05) is 94.1 Å². The molecule has 0 aliphatic heterocycles. The van der Waals surface area contributed by atoms with Crippen LogP contribution in [0, 0.1) is 5.41 Å². The zero-order valence-electron chi connectivity index (χ0n) is 21.2. The van der Waals surface area contributed by atoms with Gasteiger partial charge in [0.15, 0.2) is 0 Å². The van der Waals surface area contributed by atoms with Crippen molar-refractivity contribution < 1.29 is 9.59 Å². The van der Waals surface area contributed by atoms with Crippen molar-refractivity contribution in [1.29, 1.82) is 0 Å². The molecule has 2 aromatic carbocycles. The molecule has 6 nitrogen and oxygen atoms in total. The van der Waals surface area contributed by atoms with Gasteiger partial charge in [0, 0.05) is 30.1 Å². The first-order chi connectivity index (χ1) is 16.2. The first kappa shape index (κ1) is 25.5. The molecule has 0 fully saturated rings. The Morgan fingerprint density at radius 3 is 2.32 bits per heavy atom. The van der Waals surface area contributed by atoms with Crippen LogP contribution in [0.25, 0.3) is 11.0 Å². The van der Waals surface area contributed by atoms with Crippen molar-refractivity contribution in [2.45, 2.75) is 72.9 Å². The summed E-state index contributed by atoms with van der Waals surface area (Å²) >= 11 is 0. The lowest BCUT2D eigenvalue weighted by Gasteiger charge is -2.27. The standard InChI is InChI=1S/C28H38N4O2/c1-21(2)32(22-14-8-6-9-15-22)26(33)20-31-24-17-12-11-16-23(24)30-25(31)18-10-7-13-19-29-27(34)28(3,4)5/h6,8-9,11-12,14-17,21H,7,10,13,18-20H2,1-5H3,(H,29,34). The predicted octanol–water partition coefficient (Wildman–Crippen LogP) is 5.35. The van der Waals surface area contributed by atoms with Crippen LogP contribution in [0.15, 0.2) is 54.6 Å².